The molecule has 112 valence electrons. The first-order valence-corrected chi connectivity index (χ1v) is 9.80. The third kappa shape index (κ3) is 3.94. The molecule has 0 saturated carbocycles. The SMILES string of the molecule is C=C(C)C(=O)O[Si](C(C)CC)(C(C)CC)C(C)CC. The molecule has 0 rings (SSSR count). The van der Waals surface area contributed by atoms with Gasteiger partial charge in [0.15, 0.2) is 0 Å². The number of carbonyl (C=O) groups is 1. The maximum absolute atomic E-state index is 12.1. The van der Waals surface area contributed by atoms with Crippen molar-refractivity contribution in [2.24, 2.45) is 0 Å². The smallest absolute Gasteiger partial charge is 0.319 e. The van der Waals surface area contributed by atoms with Crippen molar-refractivity contribution in [1.82, 2.24) is 0 Å². The van der Waals surface area contributed by atoms with E-state index >= 15 is 0 Å². The lowest BCUT2D eigenvalue weighted by molar-refractivity contribution is -0.131. The van der Waals surface area contributed by atoms with E-state index in [0.717, 1.165) is 19.3 Å². The molecule has 0 fully saturated rings. The van der Waals surface area contributed by atoms with Gasteiger partial charge in [-0.3, -0.25) is 0 Å². The molecule has 3 atom stereocenters. The molecule has 19 heavy (non-hydrogen) atoms. The van der Waals surface area contributed by atoms with Gasteiger partial charge in [-0.1, -0.05) is 67.4 Å². The molecule has 0 aliphatic carbocycles. The molecule has 0 amide bonds. The van der Waals surface area contributed by atoms with Crippen molar-refractivity contribution >= 4 is 14.3 Å². The van der Waals surface area contributed by atoms with Crippen LogP contribution in [-0.2, 0) is 9.22 Å². The quantitative estimate of drug-likeness (QED) is 0.437. The average Bonchev–Trinajstić information content (AvgIpc) is 2.41. The van der Waals surface area contributed by atoms with E-state index in [1.165, 1.54) is 0 Å². The first-order chi connectivity index (χ1) is 8.77. The van der Waals surface area contributed by atoms with E-state index in [1.54, 1.807) is 6.92 Å². The molecule has 0 radical (unpaired) electrons. The Balaban J connectivity index is 5.61. The molecule has 0 bridgehead atoms. The Labute approximate surface area is 120 Å². The minimum Gasteiger partial charge on any atom is -0.515 e. The summed E-state index contributed by atoms with van der Waals surface area (Å²) in [6.07, 6.45) is 3.22. The van der Waals surface area contributed by atoms with Crippen LogP contribution in [0.2, 0.25) is 16.6 Å². The van der Waals surface area contributed by atoms with Gasteiger partial charge in [-0.15, -0.1) is 0 Å². The van der Waals surface area contributed by atoms with Crippen molar-refractivity contribution in [3.05, 3.63) is 12.2 Å². The lowest BCUT2D eigenvalue weighted by Crippen LogP contribution is -2.51. The van der Waals surface area contributed by atoms with Crippen LogP contribution in [0.4, 0.5) is 0 Å². The molecule has 3 unspecified atom stereocenters. The van der Waals surface area contributed by atoms with Crippen LogP contribution < -0.4 is 0 Å². The number of carbonyl (C=O) groups excluding carboxylic acids is 1. The van der Waals surface area contributed by atoms with Gasteiger partial charge in [0.2, 0.25) is 0 Å². The van der Waals surface area contributed by atoms with Crippen LogP contribution >= 0.6 is 0 Å². The van der Waals surface area contributed by atoms with Crippen molar-refractivity contribution < 1.29 is 9.22 Å². The van der Waals surface area contributed by atoms with Gasteiger partial charge in [0.25, 0.3) is 8.32 Å². The molecule has 0 N–H and O–H groups in total. The van der Waals surface area contributed by atoms with Crippen molar-refractivity contribution in [3.63, 3.8) is 0 Å². The van der Waals surface area contributed by atoms with E-state index in [0.29, 0.717) is 22.2 Å². The molecule has 3 heteroatoms. The van der Waals surface area contributed by atoms with Gasteiger partial charge < -0.3 is 4.43 Å². The second-order valence-corrected chi connectivity index (χ2v) is 10.8. The predicted molar refractivity (Wildman–Crippen MR) is 85.8 cm³/mol. The molecule has 0 aromatic heterocycles. The van der Waals surface area contributed by atoms with Crippen LogP contribution in [0, 0.1) is 0 Å². The number of hydrogen-bond donors (Lipinski definition) is 0. The predicted octanol–water partition coefficient (Wildman–Crippen LogP) is 5.45. The molecular weight excluding hydrogens is 252 g/mol. The monoisotopic (exact) mass is 284 g/mol. The lowest BCUT2D eigenvalue weighted by atomic mass is 10.3. The highest BCUT2D eigenvalue weighted by molar-refractivity contribution is 6.79. The van der Waals surface area contributed by atoms with E-state index in [2.05, 4.69) is 48.1 Å². The van der Waals surface area contributed by atoms with E-state index in [9.17, 15) is 4.79 Å². The van der Waals surface area contributed by atoms with Crippen LogP contribution in [0.1, 0.15) is 67.7 Å². The van der Waals surface area contributed by atoms with Crippen molar-refractivity contribution in [2.45, 2.75) is 84.4 Å². The van der Waals surface area contributed by atoms with Gasteiger partial charge in [0.1, 0.15) is 0 Å². The Morgan fingerprint density at radius 3 is 1.53 bits per heavy atom. The summed E-state index contributed by atoms with van der Waals surface area (Å²) >= 11 is 0. The molecule has 0 heterocycles. The summed E-state index contributed by atoms with van der Waals surface area (Å²) in [5.41, 5.74) is 1.98. The van der Waals surface area contributed by atoms with Gasteiger partial charge in [-0.2, -0.15) is 0 Å². The van der Waals surface area contributed by atoms with Gasteiger partial charge in [-0.25, -0.2) is 4.79 Å². The van der Waals surface area contributed by atoms with Crippen molar-refractivity contribution in [2.75, 3.05) is 0 Å². The van der Waals surface area contributed by atoms with E-state index in [1.807, 2.05) is 0 Å². The third-order valence-corrected chi connectivity index (χ3v) is 11.2. The average molecular weight is 285 g/mol. The molecular formula is C16H32O2Si. The molecule has 0 aromatic carbocycles. The molecule has 0 aromatic rings. The Morgan fingerprint density at radius 1 is 1.00 bits per heavy atom. The molecule has 0 aliphatic rings. The Morgan fingerprint density at radius 2 is 1.32 bits per heavy atom. The summed E-state index contributed by atoms with van der Waals surface area (Å²) in [5.74, 6) is -0.187. The van der Waals surface area contributed by atoms with Crippen LogP contribution in [0.3, 0.4) is 0 Å². The van der Waals surface area contributed by atoms with Gasteiger partial charge >= 0.3 is 5.97 Å². The maximum atomic E-state index is 12.1. The Bertz CT molecular complexity index is 285. The highest BCUT2D eigenvalue weighted by Crippen LogP contribution is 2.47. The summed E-state index contributed by atoms with van der Waals surface area (Å²) in [6.45, 7) is 18.9. The highest BCUT2D eigenvalue weighted by atomic mass is 28.4. The topological polar surface area (TPSA) is 26.3 Å². The first-order valence-electron chi connectivity index (χ1n) is 7.66. The third-order valence-electron chi connectivity index (χ3n) is 4.77. The zero-order chi connectivity index (χ0) is 15.2. The fourth-order valence-corrected chi connectivity index (χ4v) is 8.89. The fraction of sp³-hybridized carbons (Fsp3) is 0.812. The van der Waals surface area contributed by atoms with E-state index in [-0.39, 0.29) is 5.97 Å². The Kier molecular flexibility index (Phi) is 7.64. The summed E-state index contributed by atoms with van der Waals surface area (Å²) in [4.78, 5) is 12.1. The van der Waals surface area contributed by atoms with Gasteiger partial charge in [0, 0.05) is 5.57 Å². The second-order valence-electron chi connectivity index (χ2n) is 5.95. The summed E-state index contributed by atoms with van der Waals surface area (Å²) in [5, 5.41) is 0. The minimum atomic E-state index is -2.14. The fourth-order valence-electron chi connectivity index (χ4n) is 2.96. The second kappa shape index (κ2) is 7.88. The van der Waals surface area contributed by atoms with Crippen molar-refractivity contribution in [1.29, 1.82) is 0 Å². The van der Waals surface area contributed by atoms with Crippen molar-refractivity contribution in [3.8, 4) is 0 Å². The summed E-state index contributed by atoms with van der Waals surface area (Å²) in [6, 6.07) is 0. The highest BCUT2D eigenvalue weighted by Gasteiger charge is 2.51. The zero-order valence-corrected chi connectivity index (χ0v) is 14.9. The van der Waals surface area contributed by atoms with Crippen LogP contribution in [-0.4, -0.2) is 14.3 Å². The largest absolute Gasteiger partial charge is 0.515 e. The standard InChI is InChI=1S/C16H32O2Si/c1-9-13(6)19(14(7)10-2,15(8)11-3)18-16(17)12(4)5/h13-15H,4,9-11H2,1-3,5-8H3. The Hall–Kier alpha value is -0.573. The zero-order valence-electron chi connectivity index (χ0n) is 13.9. The molecule has 0 spiro atoms. The maximum Gasteiger partial charge on any atom is 0.319 e. The lowest BCUT2D eigenvalue weighted by Gasteiger charge is -2.44. The van der Waals surface area contributed by atoms with Gasteiger partial charge in [-0.05, 0) is 23.5 Å². The normalized spacial score (nSPS) is 19.1. The van der Waals surface area contributed by atoms with Gasteiger partial charge in [0.05, 0.1) is 0 Å². The molecule has 2 nitrogen and oxygen atoms in total. The summed E-state index contributed by atoms with van der Waals surface area (Å²) < 4.78 is 6.16. The first kappa shape index (κ1) is 18.4. The van der Waals surface area contributed by atoms with E-state index in [4.69, 9.17) is 4.43 Å². The minimum absolute atomic E-state index is 0.187. The number of rotatable bonds is 8. The number of hydrogen-bond acceptors (Lipinski definition) is 2. The van der Waals surface area contributed by atoms with Crippen LogP contribution in [0.25, 0.3) is 0 Å². The van der Waals surface area contributed by atoms with Crippen LogP contribution in [0.5, 0.6) is 0 Å². The molecule has 0 aliphatic heterocycles. The van der Waals surface area contributed by atoms with Crippen LogP contribution in [0.15, 0.2) is 12.2 Å². The summed E-state index contributed by atoms with van der Waals surface area (Å²) in [7, 11) is -2.14. The van der Waals surface area contributed by atoms with E-state index < -0.39 is 8.32 Å². The molecule has 0 saturated heterocycles.